The molecule has 2 N–H and O–H groups in total. The van der Waals surface area contributed by atoms with Crippen molar-refractivity contribution in [1.82, 2.24) is 4.72 Å². The van der Waals surface area contributed by atoms with Crippen molar-refractivity contribution < 1.29 is 17.9 Å². The molecule has 0 saturated carbocycles. The Kier molecular flexibility index (Phi) is 5.71. The van der Waals surface area contributed by atoms with Crippen LogP contribution in [-0.4, -0.2) is 26.2 Å². The Morgan fingerprint density at radius 3 is 2.72 bits per heavy atom. The summed E-state index contributed by atoms with van der Waals surface area (Å²) < 4.78 is 39.8. The van der Waals surface area contributed by atoms with Crippen molar-refractivity contribution in [3.05, 3.63) is 28.5 Å². The second kappa shape index (κ2) is 6.60. The van der Waals surface area contributed by atoms with Crippen LogP contribution in [0.2, 0.25) is 0 Å². The van der Waals surface area contributed by atoms with Crippen LogP contribution < -0.4 is 4.72 Å². The fourth-order valence-electron chi connectivity index (χ4n) is 1.37. The third-order valence-corrected chi connectivity index (χ3v) is 4.26. The molecule has 0 aliphatic carbocycles. The zero-order chi connectivity index (χ0) is 13.8. The highest BCUT2D eigenvalue weighted by Gasteiger charge is 2.18. The van der Waals surface area contributed by atoms with Gasteiger partial charge in [0, 0.05) is 11.0 Å². The van der Waals surface area contributed by atoms with Gasteiger partial charge < -0.3 is 5.11 Å². The third kappa shape index (κ3) is 4.64. The molecule has 1 atom stereocenters. The Labute approximate surface area is 114 Å². The van der Waals surface area contributed by atoms with Crippen molar-refractivity contribution in [2.24, 2.45) is 0 Å². The number of hydrogen-bond acceptors (Lipinski definition) is 3. The largest absolute Gasteiger partial charge is 0.393 e. The van der Waals surface area contributed by atoms with Crippen LogP contribution in [-0.2, 0) is 10.0 Å². The minimum Gasteiger partial charge on any atom is -0.393 e. The Morgan fingerprint density at radius 2 is 2.17 bits per heavy atom. The Morgan fingerprint density at radius 1 is 1.50 bits per heavy atom. The van der Waals surface area contributed by atoms with E-state index in [-0.39, 0.29) is 11.4 Å². The number of sulfonamides is 1. The first-order chi connectivity index (χ1) is 8.33. The Bertz CT molecular complexity index is 505. The van der Waals surface area contributed by atoms with E-state index in [9.17, 15) is 12.8 Å². The quantitative estimate of drug-likeness (QED) is 0.779. The highest BCUT2D eigenvalue weighted by atomic mass is 79.9. The molecule has 0 bridgehead atoms. The normalized spacial score (nSPS) is 13.6. The number of halogens is 2. The van der Waals surface area contributed by atoms with E-state index in [1.807, 2.05) is 0 Å². The first-order valence-electron chi connectivity index (χ1n) is 5.45. The van der Waals surface area contributed by atoms with Crippen LogP contribution in [0.4, 0.5) is 4.39 Å². The van der Waals surface area contributed by atoms with Gasteiger partial charge in [-0.1, -0.05) is 15.9 Å². The molecular formula is C11H15BrFNO3S. The van der Waals surface area contributed by atoms with Crippen LogP contribution in [0.25, 0.3) is 0 Å². The summed E-state index contributed by atoms with van der Waals surface area (Å²) in [7, 11) is -3.83. The molecule has 7 heteroatoms. The lowest BCUT2D eigenvalue weighted by molar-refractivity contribution is 0.182. The summed E-state index contributed by atoms with van der Waals surface area (Å²) in [5.74, 6) is -0.799. The summed E-state index contributed by atoms with van der Waals surface area (Å²) in [6.07, 6.45) is 0.513. The molecule has 0 fully saturated rings. The smallest absolute Gasteiger partial charge is 0.243 e. The Balaban J connectivity index is 2.69. The lowest BCUT2D eigenvalue weighted by atomic mass is 10.2. The molecule has 1 rings (SSSR count). The van der Waals surface area contributed by atoms with Crippen LogP contribution in [0.1, 0.15) is 19.8 Å². The topological polar surface area (TPSA) is 66.4 Å². The van der Waals surface area contributed by atoms with E-state index in [0.29, 0.717) is 17.3 Å². The van der Waals surface area contributed by atoms with Gasteiger partial charge in [-0.3, -0.25) is 0 Å². The molecule has 0 heterocycles. The Hall–Kier alpha value is -0.500. The van der Waals surface area contributed by atoms with Gasteiger partial charge >= 0.3 is 0 Å². The first kappa shape index (κ1) is 15.6. The van der Waals surface area contributed by atoms with Gasteiger partial charge in [-0.25, -0.2) is 17.5 Å². The summed E-state index contributed by atoms with van der Waals surface area (Å²) in [5, 5.41) is 9.03. The fourth-order valence-corrected chi connectivity index (χ4v) is 2.84. The van der Waals surface area contributed by atoms with Crippen LogP contribution >= 0.6 is 15.9 Å². The maximum absolute atomic E-state index is 13.5. The zero-order valence-corrected chi connectivity index (χ0v) is 12.3. The van der Waals surface area contributed by atoms with Gasteiger partial charge in [0.25, 0.3) is 0 Å². The van der Waals surface area contributed by atoms with Gasteiger partial charge in [0.05, 0.1) is 6.10 Å². The van der Waals surface area contributed by atoms with E-state index >= 15 is 0 Å². The van der Waals surface area contributed by atoms with E-state index in [4.69, 9.17) is 5.11 Å². The van der Waals surface area contributed by atoms with E-state index in [1.165, 1.54) is 12.1 Å². The maximum Gasteiger partial charge on any atom is 0.243 e. The number of aliphatic hydroxyl groups excluding tert-OH is 1. The predicted octanol–water partition coefficient (Wildman–Crippen LogP) is 2.03. The number of aliphatic hydroxyl groups is 1. The summed E-state index contributed by atoms with van der Waals surface area (Å²) in [6, 6.07) is 3.77. The molecule has 4 nitrogen and oxygen atoms in total. The molecule has 0 saturated heterocycles. The van der Waals surface area contributed by atoms with Gasteiger partial charge in [-0.05, 0) is 38.0 Å². The summed E-state index contributed by atoms with van der Waals surface area (Å²) in [4.78, 5) is -0.372. The monoisotopic (exact) mass is 339 g/mol. The van der Waals surface area contributed by atoms with Gasteiger partial charge in [-0.2, -0.15) is 0 Å². The molecule has 1 aromatic rings. The maximum atomic E-state index is 13.5. The molecule has 18 heavy (non-hydrogen) atoms. The van der Waals surface area contributed by atoms with Crippen molar-refractivity contribution in [2.45, 2.75) is 30.8 Å². The van der Waals surface area contributed by atoms with Crippen molar-refractivity contribution in [3.63, 3.8) is 0 Å². The minimum absolute atomic E-state index is 0.169. The van der Waals surface area contributed by atoms with E-state index < -0.39 is 21.9 Å². The van der Waals surface area contributed by atoms with Crippen LogP contribution in [0.15, 0.2) is 27.6 Å². The second-order valence-corrected chi connectivity index (χ2v) is 6.61. The predicted molar refractivity (Wildman–Crippen MR) is 70.2 cm³/mol. The molecule has 0 aliphatic heterocycles. The molecule has 1 unspecified atom stereocenters. The van der Waals surface area contributed by atoms with E-state index in [1.54, 1.807) is 6.92 Å². The number of hydrogen-bond donors (Lipinski definition) is 2. The van der Waals surface area contributed by atoms with Crippen molar-refractivity contribution >= 4 is 26.0 Å². The van der Waals surface area contributed by atoms with Gasteiger partial charge in [0.1, 0.15) is 10.7 Å². The van der Waals surface area contributed by atoms with Crippen LogP contribution in [0.3, 0.4) is 0 Å². The number of benzene rings is 1. The highest BCUT2D eigenvalue weighted by Crippen LogP contribution is 2.19. The second-order valence-electron chi connectivity index (χ2n) is 3.96. The third-order valence-electron chi connectivity index (χ3n) is 2.27. The summed E-state index contributed by atoms with van der Waals surface area (Å²) in [6.45, 7) is 1.80. The molecule has 0 aliphatic rings. The lowest BCUT2D eigenvalue weighted by Crippen LogP contribution is -2.26. The van der Waals surface area contributed by atoms with E-state index in [2.05, 4.69) is 20.7 Å². The summed E-state index contributed by atoms with van der Waals surface area (Å²) >= 11 is 3.06. The average molecular weight is 340 g/mol. The standard InChI is InChI=1S/C11H15BrFNO3S/c1-8(15)3-2-6-14-18(16,17)11-5-4-9(12)7-10(11)13/h4-5,7-8,14-15H,2-3,6H2,1H3. The van der Waals surface area contributed by atoms with Crippen molar-refractivity contribution in [2.75, 3.05) is 6.54 Å². The number of nitrogens with one attached hydrogen (secondary N) is 1. The van der Waals surface area contributed by atoms with Crippen molar-refractivity contribution in [3.8, 4) is 0 Å². The molecular weight excluding hydrogens is 325 g/mol. The summed E-state index contributed by atoms with van der Waals surface area (Å²) in [5.41, 5.74) is 0. The minimum atomic E-state index is -3.83. The molecule has 102 valence electrons. The molecule has 1 aromatic carbocycles. The SMILES string of the molecule is CC(O)CCCNS(=O)(=O)c1ccc(Br)cc1F. The molecule has 0 radical (unpaired) electrons. The zero-order valence-electron chi connectivity index (χ0n) is 9.86. The van der Waals surface area contributed by atoms with Gasteiger partial charge in [0.2, 0.25) is 10.0 Å². The van der Waals surface area contributed by atoms with Gasteiger partial charge in [-0.15, -0.1) is 0 Å². The first-order valence-corrected chi connectivity index (χ1v) is 7.73. The van der Waals surface area contributed by atoms with Crippen LogP contribution in [0, 0.1) is 5.82 Å². The highest BCUT2D eigenvalue weighted by molar-refractivity contribution is 9.10. The van der Waals surface area contributed by atoms with Crippen molar-refractivity contribution in [1.29, 1.82) is 0 Å². The molecule has 0 amide bonds. The van der Waals surface area contributed by atoms with Crippen LogP contribution in [0.5, 0.6) is 0 Å². The fraction of sp³-hybridized carbons (Fsp3) is 0.455. The lowest BCUT2D eigenvalue weighted by Gasteiger charge is -2.08. The average Bonchev–Trinajstić information content (AvgIpc) is 2.23. The number of rotatable bonds is 6. The molecule has 0 spiro atoms. The molecule has 0 aromatic heterocycles. The van der Waals surface area contributed by atoms with Gasteiger partial charge in [0.15, 0.2) is 0 Å². The van der Waals surface area contributed by atoms with E-state index in [0.717, 1.165) is 6.07 Å².